The lowest BCUT2D eigenvalue weighted by Crippen LogP contribution is -2.33. The van der Waals surface area contributed by atoms with Crippen LogP contribution in [0.25, 0.3) is 0 Å². The number of halogens is 3. The molecule has 0 fully saturated rings. The second-order valence-corrected chi connectivity index (χ2v) is 8.53. The fourth-order valence-corrected chi connectivity index (χ4v) is 3.59. The molecule has 2 rings (SSSR count). The number of amides is 1. The van der Waals surface area contributed by atoms with E-state index in [1.165, 1.54) is 0 Å². The molecule has 164 valence electrons. The summed E-state index contributed by atoms with van der Waals surface area (Å²) in [6, 6.07) is 12.1. The van der Waals surface area contributed by atoms with Gasteiger partial charge in [-0.15, -0.1) is 0 Å². The van der Waals surface area contributed by atoms with Crippen molar-refractivity contribution in [1.29, 1.82) is 0 Å². The summed E-state index contributed by atoms with van der Waals surface area (Å²) in [5.74, 6) is -0.00731. The van der Waals surface area contributed by atoms with E-state index in [2.05, 4.69) is 4.72 Å². The predicted molar refractivity (Wildman–Crippen MR) is 106 cm³/mol. The van der Waals surface area contributed by atoms with E-state index >= 15 is 0 Å². The first-order valence-electron chi connectivity index (χ1n) is 9.16. The topological polar surface area (TPSA) is 84.5 Å². The highest BCUT2D eigenvalue weighted by Crippen LogP contribution is 2.25. The van der Waals surface area contributed by atoms with E-state index in [-0.39, 0.29) is 29.5 Å². The van der Waals surface area contributed by atoms with E-state index in [1.807, 2.05) is 38.1 Å². The van der Waals surface area contributed by atoms with Gasteiger partial charge in [-0.05, 0) is 41.8 Å². The van der Waals surface area contributed by atoms with Gasteiger partial charge in [-0.3, -0.25) is 4.79 Å². The van der Waals surface area contributed by atoms with Crippen molar-refractivity contribution < 1.29 is 31.1 Å². The quantitative estimate of drug-likeness (QED) is 0.580. The van der Waals surface area contributed by atoms with Crippen molar-refractivity contribution in [3.8, 4) is 5.75 Å². The zero-order valence-electron chi connectivity index (χ0n) is 16.5. The molecule has 2 aromatic rings. The number of carbonyl (C=O) groups excluding carboxylic acids is 1. The summed E-state index contributed by atoms with van der Waals surface area (Å²) >= 11 is 0. The molecule has 2 N–H and O–H groups in total. The number of hydrogen-bond acceptors (Lipinski definition) is 4. The molecule has 0 spiro atoms. The zero-order valence-corrected chi connectivity index (χ0v) is 17.3. The van der Waals surface area contributed by atoms with Gasteiger partial charge < -0.3 is 10.1 Å². The third-order valence-corrected chi connectivity index (χ3v) is 5.55. The number of sulfonamides is 1. The van der Waals surface area contributed by atoms with Crippen LogP contribution in [-0.4, -0.2) is 40.2 Å². The summed E-state index contributed by atoms with van der Waals surface area (Å²) < 4.78 is 69.2. The number of rotatable bonds is 9. The van der Waals surface area contributed by atoms with Crippen LogP contribution in [0.15, 0.2) is 53.4 Å². The van der Waals surface area contributed by atoms with E-state index < -0.39 is 28.7 Å². The SMILES string of the molecule is CC(C)c1ccccc1OCCNS(=O)(=O)c1ccc(C(=O)NCC(F)(F)F)cc1. The Morgan fingerprint density at radius 1 is 1.07 bits per heavy atom. The molecule has 0 radical (unpaired) electrons. The maximum Gasteiger partial charge on any atom is 0.405 e. The second-order valence-electron chi connectivity index (χ2n) is 6.76. The minimum Gasteiger partial charge on any atom is -0.492 e. The summed E-state index contributed by atoms with van der Waals surface area (Å²) in [7, 11) is -3.86. The fraction of sp³-hybridized carbons (Fsp3) is 0.350. The van der Waals surface area contributed by atoms with Crippen molar-refractivity contribution in [1.82, 2.24) is 10.0 Å². The molecule has 0 saturated carbocycles. The molecule has 6 nitrogen and oxygen atoms in total. The van der Waals surface area contributed by atoms with Crippen LogP contribution in [0.4, 0.5) is 13.2 Å². The highest BCUT2D eigenvalue weighted by molar-refractivity contribution is 7.89. The molecule has 0 atom stereocenters. The first kappa shape index (κ1) is 23.7. The lowest BCUT2D eigenvalue weighted by molar-refractivity contribution is -0.123. The molecule has 2 aromatic carbocycles. The number of ether oxygens (including phenoxy) is 1. The van der Waals surface area contributed by atoms with Crippen LogP contribution in [0.5, 0.6) is 5.75 Å². The van der Waals surface area contributed by atoms with Gasteiger partial charge in [0.05, 0.1) is 4.90 Å². The van der Waals surface area contributed by atoms with Crippen LogP contribution in [0, 0.1) is 0 Å². The molecule has 0 heterocycles. The number of carbonyl (C=O) groups is 1. The van der Waals surface area contributed by atoms with Gasteiger partial charge in [-0.2, -0.15) is 13.2 Å². The molecule has 0 aromatic heterocycles. The van der Waals surface area contributed by atoms with Crippen LogP contribution in [0.3, 0.4) is 0 Å². The molecule has 30 heavy (non-hydrogen) atoms. The smallest absolute Gasteiger partial charge is 0.405 e. The Balaban J connectivity index is 1.91. The van der Waals surface area contributed by atoms with Gasteiger partial charge in [0.15, 0.2) is 0 Å². The van der Waals surface area contributed by atoms with Gasteiger partial charge in [-0.1, -0.05) is 32.0 Å². The summed E-state index contributed by atoms with van der Waals surface area (Å²) in [5, 5.41) is 1.72. The van der Waals surface area contributed by atoms with E-state index in [4.69, 9.17) is 4.74 Å². The maximum atomic E-state index is 12.3. The average molecular weight is 444 g/mol. The Hall–Kier alpha value is -2.59. The van der Waals surface area contributed by atoms with Crippen LogP contribution in [0.1, 0.15) is 35.7 Å². The fourth-order valence-electron chi connectivity index (χ4n) is 2.58. The number of hydrogen-bond donors (Lipinski definition) is 2. The normalized spacial score (nSPS) is 12.1. The van der Waals surface area contributed by atoms with Gasteiger partial charge in [-0.25, -0.2) is 13.1 Å². The molecule has 1 amide bonds. The van der Waals surface area contributed by atoms with E-state index in [0.29, 0.717) is 5.75 Å². The number of alkyl halides is 3. The monoisotopic (exact) mass is 444 g/mol. The van der Waals surface area contributed by atoms with Crippen molar-refractivity contribution in [2.75, 3.05) is 19.7 Å². The second kappa shape index (κ2) is 9.94. The summed E-state index contributed by atoms with van der Waals surface area (Å²) in [5.41, 5.74) is 0.937. The molecule has 0 unspecified atom stereocenters. The Bertz CT molecular complexity index is 959. The zero-order chi connectivity index (χ0) is 22.4. The minimum atomic E-state index is -4.53. The van der Waals surface area contributed by atoms with Gasteiger partial charge in [0.2, 0.25) is 10.0 Å². The molecule has 0 aliphatic carbocycles. The van der Waals surface area contributed by atoms with Crippen LogP contribution < -0.4 is 14.8 Å². The Morgan fingerprint density at radius 3 is 2.30 bits per heavy atom. The Labute approximate surface area is 173 Å². The van der Waals surface area contributed by atoms with Crippen molar-refractivity contribution in [3.63, 3.8) is 0 Å². The number of para-hydroxylation sites is 1. The van der Waals surface area contributed by atoms with Gasteiger partial charge in [0.25, 0.3) is 5.91 Å². The van der Waals surface area contributed by atoms with E-state index in [9.17, 15) is 26.4 Å². The Kier molecular flexibility index (Phi) is 7.85. The largest absolute Gasteiger partial charge is 0.492 e. The van der Waals surface area contributed by atoms with Crippen LogP contribution in [0.2, 0.25) is 0 Å². The predicted octanol–water partition coefficient (Wildman–Crippen LogP) is 3.46. The lowest BCUT2D eigenvalue weighted by atomic mass is 10.0. The highest BCUT2D eigenvalue weighted by Gasteiger charge is 2.28. The lowest BCUT2D eigenvalue weighted by Gasteiger charge is -2.14. The number of nitrogens with one attached hydrogen (secondary N) is 2. The first-order valence-corrected chi connectivity index (χ1v) is 10.6. The van der Waals surface area contributed by atoms with Crippen LogP contribution in [-0.2, 0) is 10.0 Å². The molecule has 0 aliphatic heterocycles. The molecule has 0 saturated heterocycles. The van der Waals surface area contributed by atoms with Crippen molar-refractivity contribution in [3.05, 3.63) is 59.7 Å². The van der Waals surface area contributed by atoms with E-state index in [0.717, 1.165) is 29.8 Å². The van der Waals surface area contributed by atoms with Crippen molar-refractivity contribution in [2.24, 2.45) is 0 Å². The summed E-state index contributed by atoms with van der Waals surface area (Å²) in [6.07, 6.45) is -4.53. The van der Waals surface area contributed by atoms with Crippen molar-refractivity contribution in [2.45, 2.75) is 30.8 Å². The highest BCUT2D eigenvalue weighted by atomic mass is 32.2. The summed E-state index contributed by atoms with van der Waals surface area (Å²) in [4.78, 5) is 11.6. The average Bonchev–Trinajstić information content (AvgIpc) is 2.69. The van der Waals surface area contributed by atoms with Crippen LogP contribution >= 0.6 is 0 Å². The van der Waals surface area contributed by atoms with Crippen molar-refractivity contribution >= 4 is 15.9 Å². The molecular formula is C20H23F3N2O4S. The molecule has 0 bridgehead atoms. The van der Waals surface area contributed by atoms with Gasteiger partial charge in [0.1, 0.15) is 18.9 Å². The van der Waals surface area contributed by atoms with E-state index in [1.54, 1.807) is 5.32 Å². The first-order chi connectivity index (χ1) is 14.0. The molecule has 10 heteroatoms. The number of benzene rings is 2. The van der Waals surface area contributed by atoms with Gasteiger partial charge >= 0.3 is 6.18 Å². The third-order valence-electron chi connectivity index (χ3n) is 4.07. The Morgan fingerprint density at radius 2 is 1.70 bits per heavy atom. The third kappa shape index (κ3) is 7.03. The molecular weight excluding hydrogens is 421 g/mol. The summed E-state index contributed by atoms with van der Waals surface area (Å²) in [6.45, 7) is 2.72. The maximum absolute atomic E-state index is 12.3. The minimum absolute atomic E-state index is 0.0165. The standard InChI is InChI=1S/C20H23F3N2O4S/c1-14(2)17-5-3-4-6-18(17)29-12-11-25-30(27,28)16-9-7-15(8-10-16)19(26)24-13-20(21,22)23/h3-10,14,25H,11-13H2,1-2H3,(H,24,26). The molecule has 0 aliphatic rings. The van der Waals surface area contributed by atoms with Gasteiger partial charge in [0, 0.05) is 12.1 Å².